The Hall–Kier alpha value is -4.26. The van der Waals surface area contributed by atoms with Gasteiger partial charge in [0.1, 0.15) is 5.54 Å². The van der Waals surface area contributed by atoms with Gasteiger partial charge in [-0.2, -0.15) is 13.2 Å². The summed E-state index contributed by atoms with van der Waals surface area (Å²) in [5.41, 5.74) is 6.12. The average Bonchev–Trinajstić information content (AvgIpc) is 2.91. The second kappa shape index (κ2) is 10.2. The molecule has 5 nitrogen and oxygen atoms in total. The van der Waals surface area contributed by atoms with Crippen molar-refractivity contribution in [3.63, 3.8) is 0 Å². The van der Waals surface area contributed by atoms with Crippen LogP contribution in [-0.2, 0) is 11.1 Å². The third kappa shape index (κ3) is 4.52. The number of nitrogens with one attached hydrogen (secondary N) is 1. The molecule has 0 aliphatic carbocycles. The number of rotatable bonds is 8. The highest BCUT2D eigenvalue weighted by Gasteiger charge is 2.56. The van der Waals surface area contributed by atoms with E-state index in [0.29, 0.717) is 0 Å². The van der Waals surface area contributed by atoms with E-state index in [0.717, 1.165) is 16.7 Å². The van der Waals surface area contributed by atoms with E-state index >= 15 is 0 Å². The fraction of sp³-hybridized carbons (Fsp3) is 0.143. The number of nitrogens with zero attached hydrogens (tertiary/aromatic N) is 3. The summed E-state index contributed by atoms with van der Waals surface area (Å²) in [4.78, 5) is 2.45. The molecule has 36 heavy (non-hydrogen) atoms. The van der Waals surface area contributed by atoms with E-state index in [1.54, 1.807) is 6.07 Å². The summed E-state index contributed by atoms with van der Waals surface area (Å²) < 4.78 is 42.7. The Morgan fingerprint density at radius 3 is 1.53 bits per heavy atom. The molecule has 0 amide bonds. The number of aliphatic hydroxyl groups is 1. The van der Waals surface area contributed by atoms with Crippen molar-refractivity contribution in [2.45, 2.75) is 17.3 Å². The zero-order valence-corrected chi connectivity index (χ0v) is 19.1. The number of hydrogen-bond acceptors (Lipinski definition) is 3. The van der Waals surface area contributed by atoms with Crippen molar-refractivity contribution >= 4 is 5.69 Å². The Morgan fingerprint density at radius 1 is 0.694 bits per heavy atom. The number of benzene rings is 4. The Kier molecular flexibility index (Phi) is 7.01. The minimum atomic E-state index is -5.10. The van der Waals surface area contributed by atoms with Gasteiger partial charge in [-0.15, -0.1) is 0 Å². The molecule has 0 aromatic heterocycles. The summed E-state index contributed by atoms with van der Waals surface area (Å²) in [6.07, 6.45) is -5.10. The van der Waals surface area contributed by atoms with Gasteiger partial charge in [-0.05, 0) is 28.3 Å². The molecule has 4 rings (SSSR count). The minimum Gasteiger partial charge on any atom is -0.376 e. The molecular weight excluding hydrogens is 465 g/mol. The molecule has 0 bridgehead atoms. The van der Waals surface area contributed by atoms with Crippen LogP contribution in [0.15, 0.2) is 120 Å². The molecular formula is C28H23F3N4O. The molecule has 0 aliphatic rings. The molecule has 1 unspecified atom stereocenters. The van der Waals surface area contributed by atoms with Gasteiger partial charge in [0, 0.05) is 16.2 Å². The summed E-state index contributed by atoms with van der Waals surface area (Å²) in [5.74, 6) is 0. The molecule has 2 N–H and O–H groups in total. The summed E-state index contributed by atoms with van der Waals surface area (Å²) in [5, 5.41) is 17.4. The zero-order valence-electron chi connectivity index (χ0n) is 19.1. The first kappa shape index (κ1) is 24.9. The second-order valence-corrected chi connectivity index (χ2v) is 8.27. The van der Waals surface area contributed by atoms with Gasteiger partial charge in [-0.25, -0.2) is 0 Å². The van der Waals surface area contributed by atoms with E-state index < -0.39 is 29.4 Å². The van der Waals surface area contributed by atoms with Crippen LogP contribution in [0, 0.1) is 0 Å². The number of para-hydroxylation sites is 1. The first-order valence-electron chi connectivity index (χ1n) is 11.2. The normalized spacial score (nSPS) is 13.3. The molecule has 0 radical (unpaired) electrons. The van der Waals surface area contributed by atoms with Crippen molar-refractivity contribution in [3.8, 4) is 0 Å². The number of azide groups is 1. The number of alkyl halides is 3. The Labute approximate surface area is 206 Å². The molecule has 0 heterocycles. The van der Waals surface area contributed by atoms with Crippen molar-refractivity contribution < 1.29 is 18.3 Å². The van der Waals surface area contributed by atoms with Gasteiger partial charge < -0.3 is 10.4 Å². The standard InChI is InChI=1S/C28H23F3N4O/c29-28(30,31)26(36,20-33-35-32)24-18-10-11-19-25(24)34-27(21-12-4-1-5-13-21,22-14-6-2-7-15-22)23-16-8-3-9-17-23/h1-19,34,36H,20H2. The van der Waals surface area contributed by atoms with E-state index in [1.165, 1.54) is 18.2 Å². The van der Waals surface area contributed by atoms with Crippen LogP contribution < -0.4 is 5.32 Å². The van der Waals surface area contributed by atoms with E-state index in [1.807, 2.05) is 91.0 Å². The summed E-state index contributed by atoms with van der Waals surface area (Å²) in [6, 6.07) is 33.8. The van der Waals surface area contributed by atoms with E-state index in [2.05, 4.69) is 15.3 Å². The van der Waals surface area contributed by atoms with Crippen LogP contribution >= 0.6 is 0 Å². The van der Waals surface area contributed by atoms with Crippen molar-refractivity contribution in [3.05, 3.63) is 148 Å². The molecule has 4 aromatic carbocycles. The predicted molar refractivity (Wildman–Crippen MR) is 133 cm³/mol. The van der Waals surface area contributed by atoms with E-state index in [-0.39, 0.29) is 5.69 Å². The topological polar surface area (TPSA) is 81.0 Å². The SMILES string of the molecule is [N-]=[N+]=NCC(O)(c1ccccc1NC(c1ccccc1)(c1ccccc1)c1ccccc1)C(F)(F)F. The molecule has 0 saturated carbocycles. The molecule has 0 spiro atoms. The maximum atomic E-state index is 14.2. The Morgan fingerprint density at radius 2 is 1.11 bits per heavy atom. The van der Waals surface area contributed by atoms with Crippen LogP contribution in [0.4, 0.5) is 18.9 Å². The lowest BCUT2D eigenvalue weighted by molar-refractivity contribution is -0.261. The summed E-state index contributed by atoms with van der Waals surface area (Å²) in [6.45, 7) is -1.21. The molecule has 182 valence electrons. The van der Waals surface area contributed by atoms with Crippen molar-refractivity contribution in [1.29, 1.82) is 0 Å². The van der Waals surface area contributed by atoms with Gasteiger partial charge >= 0.3 is 6.18 Å². The van der Waals surface area contributed by atoms with Crippen LogP contribution in [0.3, 0.4) is 0 Å². The zero-order chi connectivity index (χ0) is 25.7. The average molecular weight is 489 g/mol. The molecule has 1 atom stereocenters. The Balaban J connectivity index is 2.02. The third-order valence-corrected chi connectivity index (χ3v) is 6.15. The highest BCUT2D eigenvalue weighted by Crippen LogP contribution is 2.46. The van der Waals surface area contributed by atoms with Crippen LogP contribution in [-0.4, -0.2) is 17.8 Å². The maximum absolute atomic E-state index is 14.2. The van der Waals surface area contributed by atoms with Crippen molar-refractivity contribution in [2.75, 3.05) is 11.9 Å². The first-order chi connectivity index (χ1) is 17.3. The molecule has 4 aromatic rings. The monoisotopic (exact) mass is 488 g/mol. The lowest BCUT2D eigenvalue weighted by atomic mass is 9.76. The first-order valence-corrected chi connectivity index (χ1v) is 11.2. The summed E-state index contributed by atoms with van der Waals surface area (Å²) >= 11 is 0. The van der Waals surface area contributed by atoms with Crippen LogP contribution in [0.5, 0.6) is 0 Å². The highest BCUT2D eigenvalue weighted by atomic mass is 19.4. The third-order valence-electron chi connectivity index (χ3n) is 6.15. The van der Waals surface area contributed by atoms with Gasteiger partial charge in [0.05, 0.1) is 6.54 Å². The molecule has 8 heteroatoms. The lowest BCUT2D eigenvalue weighted by Crippen LogP contribution is -2.46. The molecule has 0 saturated heterocycles. The Bertz CT molecular complexity index is 1240. The minimum absolute atomic E-state index is 0.0435. The highest BCUT2D eigenvalue weighted by molar-refractivity contribution is 5.64. The van der Waals surface area contributed by atoms with Gasteiger partial charge in [-0.3, -0.25) is 0 Å². The fourth-order valence-corrected chi connectivity index (χ4v) is 4.40. The lowest BCUT2D eigenvalue weighted by Gasteiger charge is -2.40. The number of hydrogen-bond donors (Lipinski definition) is 2. The van der Waals surface area contributed by atoms with Crippen LogP contribution in [0.25, 0.3) is 10.4 Å². The predicted octanol–water partition coefficient (Wildman–Crippen LogP) is 7.15. The number of halogens is 3. The van der Waals surface area contributed by atoms with E-state index in [9.17, 15) is 18.3 Å². The molecule has 0 fully saturated rings. The van der Waals surface area contributed by atoms with Gasteiger partial charge in [0.15, 0.2) is 5.60 Å². The molecule has 0 aliphatic heterocycles. The van der Waals surface area contributed by atoms with Crippen molar-refractivity contribution in [1.82, 2.24) is 0 Å². The summed E-state index contributed by atoms with van der Waals surface area (Å²) in [7, 11) is 0. The van der Waals surface area contributed by atoms with Crippen LogP contribution in [0.2, 0.25) is 0 Å². The maximum Gasteiger partial charge on any atom is 0.421 e. The fourth-order valence-electron chi connectivity index (χ4n) is 4.40. The smallest absolute Gasteiger partial charge is 0.376 e. The van der Waals surface area contributed by atoms with Crippen LogP contribution in [0.1, 0.15) is 22.3 Å². The second-order valence-electron chi connectivity index (χ2n) is 8.27. The van der Waals surface area contributed by atoms with Gasteiger partial charge in [0.2, 0.25) is 0 Å². The largest absolute Gasteiger partial charge is 0.421 e. The number of anilines is 1. The van der Waals surface area contributed by atoms with E-state index in [4.69, 9.17) is 5.53 Å². The van der Waals surface area contributed by atoms with Gasteiger partial charge in [0.25, 0.3) is 0 Å². The van der Waals surface area contributed by atoms with Gasteiger partial charge in [-0.1, -0.05) is 114 Å². The van der Waals surface area contributed by atoms with Crippen molar-refractivity contribution in [2.24, 2.45) is 5.11 Å². The quantitative estimate of drug-likeness (QED) is 0.120.